The van der Waals surface area contributed by atoms with Gasteiger partial charge in [-0.25, -0.2) is 4.39 Å². The van der Waals surface area contributed by atoms with E-state index >= 15 is 0 Å². The van der Waals surface area contributed by atoms with Gasteiger partial charge in [0.2, 0.25) is 0 Å². The van der Waals surface area contributed by atoms with Gasteiger partial charge in [-0.1, -0.05) is 13.8 Å². The maximum atomic E-state index is 13.6. The van der Waals surface area contributed by atoms with Crippen LogP contribution in [0.25, 0.3) is 0 Å². The second kappa shape index (κ2) is 5.93. The third-order valence-electron chi connectivity index (χ3n) is 4.67. The van der Waals surface area contributed by atoms with Gasteiger partial charge in [-0.05, 0) is 31.2 Å². The summed E-state index contributed by atoms with van der Waals surface area (Å²) >= 11 is 0. The zero-order valence-electron chi connectivity index (χ0n) is 12.8. The van der Waals surface area contributed by atoms with Gasteiger partial charge in [0.1, 0.15) is 17.2 Å². The van der Waals surface area contributed by atoms with Crippen LogP contribution in [0.4, 0.5) is 4.39 Å². The van der Waals surface area contributed by atoms with Crippen molar-refractivity contribution in [1.29, 1.82) is 0 Å². The van der Waals surface area contributed by atoms with Crippen LogP contribution in [0, 0.1) is 5.82 Å². The van der Waals surface area contributed by atoms with E-state index in [1.807, 2.05) is 0 Å². The molecular weight excluding hydrogens is 269 g/mol. The molecule has 0 radical (unpaired) electrons. The maximum Gasteiger partial charge on any atom is 0.125 e. The Bertz CT molecular complexity index is 508. The van der Waals surface area contributed by atoms with Gasteiger partial charge in [0.15, 0.2) is 0 Å². The highest BCUT2D eigenvalue weighted by Crippen LogP contribution is 2.45. The molecule has 2 heterocycles. The Kier molecular flexibility index (Phi) is 4.18. The van der Waals surface area contributed by atoms with Crippen molar-refractivity contribution in [2.24, 2.45) is 0 Å². The summed E-state index contributed by atoms with van der Waals surface area (Å²) in [6.45, 7) is 5.84. The molecule has 3 rings (SSSR count). The molecular formula is C17H24FNO2. The fraction of sp³-hybridized carbons (Fsp3) is 0.647. The first-order chi connectivity index (χ1) is 10.2. The van der Waals surface area contributed by atoms with Gasteiger partial charge in [0, 0.05) is 30.9 Å². The van der Waals surface area contributed by atoms with Gasteiger partial charge in [-0.3, -0.25) is 0 Å². The topological polar surface area (TPSA) is 30.5 Å². The Morgan fingerprint density at radius 2 is 2.19 bits per heavy atom. The number of fused-ring (bicyclic) bond motifs is 1. The predicted molar refractivity (Wildman–Crippen MR) is 80.1 cm³/mol. The van der Waals surface area contributed by atoms with E-state index < -0.39 is 0 Å². The molecule has 0 amide bonds. The van der Waals surface area contributed by atoms with Crippen LogP contribution in [-0.4, -0.2) is 24.9 Å². The highest BCUT2D eigenvalue weighted by molar-refractivity contribution is 5.39. The van der Waals surface area contributed by atoms with Crippen molar-refractivity contribution in [1.82, 2.24) is 5.32 Å². The molecule has 1 aromatic carbocycles. The quantitative estimate of drug-likeness (QED) is 0.924. The van der Waals surface area contributed by atoms with Crippen LogP contribution in [0.5, 0.6) is 5.75 Å². The Morgan fingerprint density at radius 3 is 2.95 bits per heavy atom. The van der Waals surface area contributed by atoms with Gasteiger partial charge < -0.3 is 14.8 Å². The molecule has 4 heteroatoms. The molecule has 0 aromatic heterocycles. The van der Waals surface area contributed by atoms with Gasteiger partial charge in [-0.2, -0.15) is 0 Å². The Balaban J connectivity index is 1.91. The van der Waals surface area contributed by atoms with Crippen LogP contribution < -0.4 is 10.1 Å². The monoisotopic (exact) mass is 293 g/mol. The highest BCUT2D eigenvalue weighted by atomic mass is 19.1. The van der Waals surface area contributed by atoms with Gasteiger partial charge >= 0.3 is 0 Å². The molecule has 1 saturated heterocycles. The SMILES string of the molecule is CCNC1CC2(CCOC(CC)C2)Oc2ccc(F)cc21. The Morgan fingerprint density at radius 1 is 1.33 bits per heavy atom. The average Bonchev–Trinajstić information content (AvgIpc) is 2.48. The standard InChI is InChI=1S/C17H24FNO2/c1-3-13-10-17(7-8-20-13)11-15(19-4-2)14-9-12(18)5-6-16(14)21-17/h5-6,9,13,15,19H,3-4,7-8,10-11H2,1-2H3. The van der Waals surface area contributed by atoms with E-state index in [-0.39, 0.29) is 23.6 Å². The third kappa shape index (κ3) is 2.92. The third-order valence-corrected chi connectivity index (χ3v) is 4.67. The van der Waals surface area contributed by atoms with E-state index in [1.54, 1.807) is 12.1 Å². The van der Waals surface area contributed by atoms with Gasteiger partial charge in [0.25, 0.3) is 0 Å². The summed E-state index contributed by atoms with van der Waals surface area (Å²) in [5.41, 5.74) is 0.776. The molecule has 2 aliphatic heterocycles. The largest absolute Gasteiger partial charge is 0.487 e. The second-order valence-corrected chi connectivity index (χ2v) is 6.14. The summed E-state index contributed by atoms with van der Waals surface area (Å²) in [6.07, 6.45) is 3.98. The summed E-state index contributed by atoms with van der Waals surface area (Å²) in [7, 11) is 0. The van der Waals surface area contributed by atoms with E-state index in [0.717, 1.165) is 50.1 Å². The zero-order chi connectivity index (χ0) is 14.9. The number of nitrogens with one attached hydrogen (secondary N) is 1. The van der Waals surface area contributed by atoms with Crippen molar-refractivity contribution >= 4 is 0 Å². The van der Waals surface area contributed by atoms with E-state index in [4.69, 9.17) is 9.47 Å². The fourth-order valence-electron chi connectivity index (χ4n) is 3.60. The van der Waals surface area contributed by atoms with Crippen molar-refractivity contribution < 1.29 is 13.9 Å². The summed E-state index contributed by atoms with van der Waals surface area (Å²) in [5.74, 6) is 0.625. The number of ether oxygens (including phenoxy) is 2. The molecule has 3 atom stereocenters. The summed E-state index contributed by atoms with van der Waals surface area (Å²) in [5, 5.41) is 3.48. The van der Waals surface area contributed by atoms with Crippen LogP contribution in [0.3, 0.4) is 0 Å². The maximum absolute atomic E-state index is 13.6. The highest BCUT2D eigenvalue weighted by Gasteiger charge is 2.44. The summed E-state index contributed by atoms with van der Waals surface area (Å²) in [6, 6.07) is 5.01. The van der Waals surface area contributed by atoms with E-state index in [0.29, 0.717) is 0 Å². The average molecular weight is 293 g/mol. The molecule has 1 N–H and O–H groups in total. The lowest BCUT2D eigenvalue weighted by Crippen LogP contribution is -2.50. The van der Waals surface area contributed by atoms with Crippen LogP contribution >= 0.6 is 0 Å². The molecule has 21 heavy (non-hydrogen) atoms. The molecule has 2 aliphatic rings. The predicted octanol–water partition coefficient (Wildman–Crippen LogP) is 3.59. The fourth-order valence-corrected chi connectivity index (χ4v) is 3.60. The molecule has 3 unspecified atom stereocenters. The minimum atomic E-state index is -0.199. The summed E-state index contributed by atoms with van der Waals surface area (Å²) < 4.78 is 25.7. The van der Waals surface area contributed by atoms with Gasteiger partial charge in [0.05, 0.1) is 12.7 Å². The van der Waals surface area contributed by atoms with Crippen molar-refractivity contribution in [2.45, 2.75) is 57.3 Å². The normalized spacial score (nSPS) is 31.8. The van der Waals surface area contributed by atoms with E-state index in [2.05, 4.69) is 19.2 Å². The summed E-state index contributed by atoms with van der Waals surface area (Å²) in [4.78, 5) is 0. The van der Waals surface area contributed by atoms with Crippen molar-refractivity contribution in [3.05, 3.63) is 29.6 Å². The molecule has 0 saturated carbocycles. The first-order valence-electron chi connectivity index (χ1n) is 7.99. The van der Waals surface area contributed by atoms with Crippen LogP contribution in [0.15, 0.2) is 18.2 Å². The zero-order valence-corrected chi connectivity index (χ0v) is 12.8. The smallest absolute Gasteiger partial charge is 0.125 e. The van der Waals surface area contributed by atoms with Crippen molar-refractivity contribution in [3.8, 4) is 5.75 Å². The van der Waals surface area contributed by atoms with E-state index in [9.17, 15) is 4.39 Å². The lowest BCUT2D eigenvalue weighted by Gasteiger charge is -2.46. The number of hydrogen-bond acceptors (Lipinski definition) is 3. The molecule has 116 valence electrons. The second-order valence-electron chi connectivity index (χ2n) is 6.14. The molecule has 1 spiro atoms. The molecule has 1 aromatic rings. The molecule has 1 fully saturated rings. The Hall–Kier alpha value is -1.13. The number of benzene rings is 1. The van der Waals surface area contributed by atoms with Crippen molar-refractivity contribution in [2.75, 3.05) is 13.2 Å². The lowest BCUT2D eigenvalue weighted by molar-refractivity contribution is -0.103. The number of hydrogen-bond donors (Lipinski definition) is 1. The molecule has 0 aliphatic carbocycles. The lowest BCUT2D eigenvalue weighted by atomic mass is 9.79. The molecule has 3 nitrogen and oxygen atoms in total. The Labute approximate surface area is 125 Å². The van der Waals surface area contributed by atoms with Gasteiger partial charge in [-0.15, -0.1) is 0 Å². The first-order valence-corrected chi connectivity index (χ1v) is 7.99. The van der Waals surface area contributed by atoms with Crippen LogP contribution in [-0.2, 0) is 4.74 Å². The van der Waals surface area contributed by atoms with Crippen LogP contribution in [0.2, 0.25) is 0 Å². The molecule has 0 bridgehead atoms. The number of halogens is 1. The van der Waals surface area contributed by atoms with E-state index in [1.165, 1.54) is 6.07 Å². The van der Waals surface area contributed by atoms with Crippen molar-refractivity contribution in [3.63, 3.8) is 0 Å². The van der Waals surface area contributed by atoms with Crippen LogP contribution in [0.1, 0.15) is 51.1 Å². The minimum absolute atomic E-state index is 0.157. The minimum Gasteiger partial charge on any atom is -0.487 e. The first kappa shape index (κ1) is 14.8. The number of rotatable bonds is 3.